The second-order valence-electron chi connectivity index (χ2n) is 10.3. The summed E-state index contributed by atoms with van der Waals surface area (Å²) in [6.07, 6.45) is -3.49. The van der Waals surface area contributed by atoms with Gasteiger partial charge in [-0.1, -0.05) is 11.3 Å². The molecule has 3 heterocycles. The van der Waals surface area contributed by atoms with Crippen molar-refractivity contribution in [2.45, 2.75) is 63.4 Å². The standard InChI is InChI=1S/C24H25F3N8OS.C2HF3O2/c1-13-9-15(11-17(10-13)30-22-28-8-7-19(31-22)24(25,26)27)18-12-29-21(37-18)23(2,36)16-5-3-14(4-6-16)20-32-34-35-33-20;3-2(4,5)1(6)7/h7-12,14,16,36H,3-6H2,1-2H3,(H,28,30,31)(H,32,33,34,35);(H,6,7)/t14?,16?,23-;/m0./s1. The summed E-state index contributed by atoms with van der Waals surface area (Å²) in [5.74, 6) is -1.91. The lowest BCUT2D eigenvalue weighted by Crippen LogP contribution is -2.34. The number of aromatic amines is 1. The number of nitrogens with one attached hydrogen (secondary N) is 2. The lowest BCUT2D eigenvalue weighted by Gasteiger charge is -2.36. The molecule has 0 unspecified atom stereocenters. The minimum Gasteiger partial charge on any atom is -0.475 e. The highest BCUT2D eigenvalue weighted by atomic mass is 32.1. The number of carboxylic acids is 1. The third kappa shape index (κ3) is 8.04. The average Bonchev–Trinajstić information content (AvgIpc) is 3.66. The number of alkyl halides is 6. The highest BCUT2D eigenvalue weighted by Gasteiger charge is 2.40. The lowest BCUT2D eigenvalue weighted by molar-refractivity contribution is -0.192. The van der Waals surface area contributed by atoms with Crippen molar-refractivity contribution >= 4 is 28.9 Å². The number of carbonyl (C=O) groups is 1. The van der Waals surface area contributed by atoms with Gasteiger partial charge < -0.3 is 15.5 Å². The van der Waals surface area contributed by atoms with Gasteiger partial charge in [0.15, 0.2) is 5.82 Å². The molecule has 0 saturated heterocycles. The maximum atomic E-state index is 13.0. The van der Waals surface area contributed by atoms with E-state index in [0.717, 1.165) is 54.0 Å². The Kier molecular flexibility index (Phi) is 9.53. The Labute approximate surface area is 249 Å². The molecule has 0 amide bonds. The van der Waals surface area contributed by atoms with E-state index >= 15 is 0 Å². The maximum absolute atomic E-state index is 13.0. The second-order valence-corrected chi connectivity index (χ2v) is 11.3. The van der Waals surface area contributed by atoms with Gasteiger partial charge in [0.1, 0.15) is 16.3 Å². The van der Waals surface area contributed by atoms with Gasteiger partial charge in [-0.2, -0.15) is 31.6 Å². The normalized spacial score (nSPS) is 18.6. The molecule has 1 atom stereocenters. The van der Waals surface area contributed by atoms with Gasteiger partial charge in [-0.25, -0.2) is 19.7 Å². The van der Waals surface area contributed by atoms with Crippen molar-refractivity contribution in [3.8, 4) is 10.4 Å². The van der Waals surface area contributed by atoms with Crippen molar-refractivity contribution in [1.82, 2.24) is 35.6 Å². The number of H-pyrrole nitrogens is 1. The van der Waals surface area contributed by atoms with Crippen molar-refractivity contribution in [1.29, 1.82) is 0 Å². The first-order chi connectivity index (χ1) is 20.5. The van der Waals surface area contributed by atoms with E-state index in [2.05, 4.69) is 40.9 Å². The molecule has 0 bridgehead atoms. The van der Waals surface area contributed by atoms with E-state index in [0.29, 0.717) is 16.5 Å². The molecule has 1 saturated carbocycles. The molecule has 4 aromatic rings. The van der Waals surface area contributed by atoms with Crippen LogP contribution in [0, 0.1) is 12.8 Å². The van der Waals surface area contributed by atoms with Crippen molar-refractivity contribution in [2.24, 2.45) is 5.92 Å². The number of rotatable bonds is 6. The van der Waals surface area contributed by atoms with Crippen LogP contribution in [0.3, 0.4) is 0 Å². The summed E-state index contributed by atoms with van der Waals surface area (Å²) >= 11 is 1.41. The molecule has 44 heavy (non-hydrogen) atoms. The van der Waals surface area contributed by atoms with Gasteiger partial charge in [0.2, 0.25) is 5.95 Å². The van der Waals surface area contributed by atoms with Gasteiger partial charge in [-0.15, -0.1) is 21.5 Å². The van der Waals surface area contributed by atoms with Crippen LogP contribution in [0.25, 0.3) is 10.4 Å². The van der Waals surface area contributed by atoms with E-state index < -0.39 is 29.6 Å². The number of anilines is 2. The molecule has 0 radical (unpaired) electrons. The fourth-order valence-electron chi connectivity index (χ4n) is 4.78. The second kappa shape index (κ2) is 12.8. The van der Waals surface area contributed by atoms with E-state index in [1.54, 1.807) is 18.3 Å². The summed E-state index contributed by atoms with van der Waals surface area (Å²) in [5.41, 5.74) is 0.166. The molecule has 5 rings (SSSR count). The molecule has 1 aliphatic carbocycles. The molecule has 11 nitrogen and oxygen atoms in total. The van der Waals surface area contributed by atoms with E-state index in [-0.39, 0.29) is 17.8 Å². The fraction of sp³-hybridized carbons (Fsp3) is 0.423. The van der Waals surface area contributed by atoms with Crippen LogP contribution in [0.1, 0.15) is 60.6 Å². The first kappa shape index (κ1) is 32.7. The molecule has 1 aromatic carbocycles. The third-order valence-electron chi connectivity index (χ3n) is 6.99. The Morgan fingerprint density at radius 1 is 1.07 bits per heavy atom. The quantitative estimate of drug-likeness (QED) is 0.183. The van der Waals surface area contributed by atoms with E-state index in [1.807, 2.05) is 19.9 Å². The summed E-state index contributed by atoms with van der Waals surface area (Å²) < 4.78 is 70.8. The molecule has 0 spiro atoms. The number of halogens is 6. The largest absolute Gasteiger partial charge is 0.490 e. The van der Waals surface area contributed by atoms with Crippen molar-refractivity contribution in [3.63, 3.8) is 0 Å². The van der Waals surface area contributed by atoms with Crippen LogP contribution in [-0.2, 0) is 16.6 Å². The topological polar surface area (TPSA) is 163 Å². The number of nitrogens with zero attached hydrogens (tertiary/aromatic N) is 6. The first-order valence-electron chi connectivity index (χ1n) is 13.1. The molecule has 18 heteroatoms. The molecular weight excluding hydrogens is 618 g/mol. The Morgan fingerprint density at radius 3 is 2.34 bits per heavy atom. The Bertz CT molecular complexity index is 1570. The van der Waals surface area contributed by atoms with Crippen LogP contribution in [0.2, 0.25) is 0 Å². The SMILES string of the molecule is Cc1cc(Nc2nccc(C(F)(F)F)n2)cc(-c2cnc([C@@](C)(O)C3CCC(c4nn[nH]n4)CC3)s2)c1.O=C(O)C(F)(F)F. The number of carboxylic acid groups (broad SMARTS) is 1. The van der Waals surface area contributed by atoms with Crippen molar-refractivity contribution in [3.05, 3.63) is 58.7 Å². The Balaban J connectivity index is 0.000000566. The van der Waals surface area contributed by atoms with E-state index in [1.165, 1.54) is 11.3 Å². The molecule has 1 aliphatic rings. The summed E-state index contributed by atoms with van der Waals surface area (Å²) in [6, 6.07) is 6.39. The summed E-state index contributed by atoms with van der Waals surface area (Å²) in [7, 11) is 0. The van der Waals surface area contributed by atoms with Crippen molar-refractivity contribution in [2.75, 3.05) is 5.32 Å². The van der Waals surface area contributed by atoms with Crippen LogP contribution in [0.4, 0.5) is 38.0 Å². The zero-order valence-electron chi connectivity index (χ0n) is 23.1. The smallest absolute Gasteiger partial charge is 0.475 e. The number of thiazole rings is 1. The van der Waals surface area contributed by atoms with Crippen LogP contribution in [-0.4, -0.2) is 57.9 Å². The van der Waals surface area contributed by atoms with Gasteiger partial charge >= 0.3 is 18.3 Å². The maximum Gasteiger partial charge on any atom is 0.490 e. The number of tetrazole rings is 1. The summed E-state index contributed by atoms with van der Waals surface area (Å²) in [6.45, 7) is 3.70. The highest BCUT2D eigenvalue weighted by Crippen LogP contribution is 2.45. The van der Waals surface area contributed by atoms with Crippen LogP contribution in [0.5, 0.6) is 0 Å². The Hall–Kier alpha value is -4.19. The number of aliphatic hydroxyl groups is 1. The van der Waals surface area contributed by atoms with Gasteiger partial charge in [0, 0.05) is 24.0 Å². The third-order valence-corrected chi connectivity index (χ3v) is 8.27. The number of benzene rings is 1. The predicted molar refractivity (Wildman–Crippen MR) is 145 cm³/mol. The molecule has 236 valence electrons. The first-order valence-corrected chi connectivity index (χ1v) is 13.9. The van der Waals surface area contributed by atoms with Crippen LogP contribution in [0.15, 0.2) is 36.7 Å². The average molecular weight is 645 g/mol. The number of aliphatic carboxylic acids is 1. The van der Waals surface area contributed by atoms with Crippen molar-refractivity contribution < 1.29 is 41.4 Å². The minimum absolute atomic E-state index is 0.0439. The molecule has 4 N–H and O–H groups in total. The zero-order chi connectivity index (χ0) is 32.3. The summed E-state index contributed by atoms with van der Waals surface area (Å²) in [4.78, 5) is 21.8. The fourth-order valence-corrected chi connectivity index (χ4v) is 5.80. The van der Waals surface area contributed by atoms with Crippen LogP contribution >= 0.6 is 11.3 Å². The molecular formula is C26H26F6N8O3S. The molecule has 1 fully saturated rings. The molecule has 3 aromatic heterocycles. The van der Waals surface area contributed by atoms with E-state index in [4.69, 9.17) is 9.90 Å². The van der Waals surface area contributed by atoms with Gasteiger partial charge in [-0.05, 0) is 74.8 Å². The highest BCUT2D eigenvalue weighted by molar-refractivity contribution is 7.15. The number of aromatic nitrogens is 7. The monoisotopic (exact) mass is 644 g/mol. The minimum atomic E-state index is -5.08. The number of aryl methyl sites for hydroxylation is 1. The molecule has 0 aliphatic heterocycles. The van der Waals surface area contributed by atoms with E-state index in [9.17, 15) is 31.4 Å². The lowest BCUT2D eigenvalue weighted by atomic mass is 9.74. The van der Waals surface area contributed by atoms with Gasteiger partial charge in [0.05, 0.1) is 4.88 Å². The zero-order valence-corrected chi connectivity index (χ0v) is 23.9. The number of hydrogen-bond acceptors (Lipinski definition) is 10. The van der Waals surface area contributed by atoms with Gasteiger partial charge in [0.25, 0.3) is 0 Å². The Morgan fingerprint density at radius 2 is 1.75 bits per heavy atom. The predicted octanol–water partition coefficient (Wildman–Crippen LogP) is 6.00. The number of hydrogen-bond donors (Lipinski definition) is 4. The van der Waals surface area contributed by atoms with Gasteiger partial charge in [-0.3, -0.25) is 0 Å². The summed E-state index contributed by atoms with van der Waals surface area (Å²) in [5, 5.41) is 36.4. The van der Waals surface area contributed by atoms with Crippen LogP contribution < -0.4 is 5.32 Å².